The van der Waals surface area contributed by atoms with Gasteiger partial charge in [-0.2, -0.15) is 4.31 Å². The fourth-order valence-corrected chi connectivity index (χ4v) is 5.87. The van der Waals surface area contributed by atoms with Crippen molar-refractivity contribution >= 4 is 38.5 Å². The van der Waals surface area contributed by atoms with Gasteiger partial charge in [-0.3, -0.25) is 0 Å². The summed E-state index contributed by atoms with van der Waals surface area (Å²) < 4.78 is 26.0. The number of fused-ring (bicyclic) bond motifs is 1. The zero-order valence-corrected chi connectivity index (χ0v) is 15.0. The molecule has 0 spiro atoms. The van der Waals surface area contributed by atoms with Gasteiger partial charge >= 0.3 is 0 Å². The monoisotopic (exact) mass is 369 g/mol. The second kappa shape index (κ2) is 5.86. The molecular formula is C15H20ClN5O2S. The molecule has 1 saturated heterocycles. The third kappa shape index (κ3) is 2.76. The van der Waals surface area contributed by atoms with Crippen LogP contribution in [0, 0.1) is 5.92 Å². The van der Waals surface area contributed by atoms with E-state index in [-0.39, 0.29) is 17.0 Å². The van der Waals surface area contributed by atoms with Gasteiger partial charge in [-0.05, 0) is 24.8 Å². The Labute approximate surface area is 146 Å². The Morgan fingerprint density at radius 2 is 2.12 bits per heavy atom. The molecule has 0 amide bonds. The number of halogens is 1. The molecule has 0 unspecified atom stereocenters. The van der Waals surface area contributed by atoms with Crippen molar-refractivity contribution in [2.24, 2.45) is 5.92 Å². The van der Waals surface area contributed by atoms with Gasteiger partial charge in [0.05, 0.1) is 16.5 Å². The van der Waals surface area contributed by atoms with Crippen LogP contribution in [0.4, 0.5) is 5.82 Å². The molecule has 130 valence electrons. The van der Waals surface area contributed by atoms with Crippen molar-refractivity contribution in [1.82, 2.24) is 19.3 Å². The van der Waals surface area contributed by atoms with Crippen LogP contribution in [0.25, 0.3) is 11.0 Å². The summed E-state index contributed by atoms with van der Waals surface area (Å²) in [7, 11) is -1.14. The van der Waals surface area contributed by atoms with E-state index in [0.29, 0.717) is 19.1 Å². The Balaban J connectivity index is 1.38. The van der Waals surface area contributed by atoms with Crippen molar-refractivity contribution < 1.29 is 8.42 Å². The minimum absolute atomic E-state index is 0.0263. The van der Waals surface area contributed by atoms with Gasteiger partial charge in [0.2, 0.25) is 10.0 Å². The molecule has 0 bridgehead atoms. The first-order valence-electron chi connectivity index (χ1n) is 8.07. The van der Waals surface area contributed by atoms with Crippen molar-refractivity contribution in [2.45, 2.75) is 24.3 Å². The predicted molar refractivity (Wildman–Crippen MR) is 93.8 cm³/mol. The standard InChI is InChI=1S/C15H20ClN5O2S/c1-20(15-13-2-3-17-14(13)18-9-19-15)12-4-10(5-12)8-24(22,23)21-6-11(16)7-21/h2-3,9-12H,4-8H2,1H3,(H,17,18,19)/t10-,12+. The summed E-state index contributed by atoms with van der Waals surface area (Å²) in [5.41, 5.74) is 0.818. The smallest absolute Gasteiger partial charge is 0.214 e. The first-order chi connectivity index (χ1) is 11.4. The Morgan fingerprint density at radius 1 is 1.38 bits per heavy atom. The Morgan fingerprint density at radius 3 is 2.83 bits per heavy atom. The van der Waals surface area contributed by atoms with Crippen molar-refractivity contribution in [3.63, 3.8) is 0 Å². The van der Waals surface area contributed by atoms with E-state index in [1.165, 1.54) is 4.31 Å². The molecule has 9 heteroatoms. The summed E-state index contributed by atoms with van der Waals surface area (Å²) in [6.07, 6.45) is 5.13. The van der Waals surface area contributed by atoms with Gasteiger partial charge in [-0.25, -0.2) is 18.4 Å². The van der Waals surface area contributed by atoms with Crippen molar-refractivity contribution in [3.8, 4) is 0 Å². The molecule has 2 aliphatic rings. The van der Waals surface area contributed by atoms with E-state index in [0.717, 1.165) is 29.7 Å². The maximum absolute atomic E-state index is 12.3. The maximum atomic E-state index is 12.3. The molecule has 1 aliphatic heterocycles. The number of anilines is 1. The van der Waals surface area contributed by atoms with Gasteiger partial charge in [0.1, 0.15) is 17.8 Å². The molecular weight excluding hydrogens is 350 g/mol. The largest absolute Gasteiger partial charge is 0.356 e. The number of alkyl halides is 1. The number of aromatic amines is 1. The molecule has 1 aliphatic carbocycles. The zero-order valence-electron chi connectivity index (χ0n) is 13.4. The number of nitrogens with zero attached hydrogens (tertiary/aromatic N) is 4. The van der Waals surface area contributed by atoms with Crippen molar-refractivity contribution in [1.29, 1.82) is 0 Å². The first kappa shape index (κ1) is 16.1. The molecule has 2 aromatic rings. The molecule has 0 radical (unpaired) electrons. The second-order valence-corrected chi connectivity index (χ2v) is 9.36. The summed E-state index contributed by atoms with van der Waals surface area (Å²) in [4.78, 5) is 13.8. The van der Waals surface area contributed by atoms with E-state index >= 15 is 0 Å². The van der Waals surface area contributed by atoms with Crippen LogP contribution in [0.2, 0.25) is 0 Å². The van der Waals surface area contributed by atoms with E-state index in [1.807, 2.05) is 19.3 Å². The Bertz CT molecular complexity index is 842. The minimum atomic E-state index is -3.16. The number of nitrogens with one attached hydrogen (secondary N) is 1. The van der Waals surface area contributed by atoms with Crippen LogP contribution in [0.15, 0.2) is 18.6 Å². The zero-order chi connectivity index (χ0) is 16.9. The van der Waals surface area contributed by atoms with Crippen LogP contribution in [-0.4, -0.2) is 65.0 Å². The average Bonchev–Trinajstić information content (AvgIpc) is 2.95. The normalized spacial score (nSPS) is 25.4. The molecule has 0 atom stereocenters. The van der Waals surface area contributed by atoms with Crippen LogP contribution < -0.4 is 4.90 Å². The lowest BCUT2D eigenvalue weighted by Crippen LogP contribution is -2.54. The molecule has 7 nitrogen and oxygen atoms in total. The number of hydrogen-bond donors (Lipinski definition) is 1. The highest BCUT2D eigenvalue weighted by Gasteiger charge is 2.40. The van der Waals surface area contributed by atoms with Crippen LogP contribution in [0.1, 0.15) is 12.8 Å². The van der Waals surface area contributed by atoms with E-state index in [9.17, 15) is 8.42 Å². The van der Waals surface area contributed by atoms with Crippen molar-refractivity contribution in [3.05, 3.63) is 18.6 Å². The van der Waals surface area contributed by atoms with Gasteiger partial charge < -0.3 is 9.88 Å². The average molecular weight is 370 g/mol. The van der Waals surface area contributed by atoms with E-state index < -0.39 is 10.0 Å². The van der Waals surface area contributed by atoms with Crippen LogP contribution >= 0.6 is 11.6 Å². The number of aromatic nitrogens is 3. The number of sulfonamides is 1. The van der Waals surface area contributed by atoms with Gasteiger partial charge in [-0.15, -0.1) is 11.6 Å². The number of H-pyrrole nitrogens is 1. The van der Waals surface area contributed by atoms with E-state index in [4.69, 9.17) is 11.6 Å². The lowest BCUT2D eigenvalue weighted by atomic mass is 9.81. The predicted octanol–water partition coefficient (Wildman–Crippen LogP) is 1.43. The molecule has 2 fully saturated rings. The first-order valence-corrected chi connectivity index (χ1v) is 10.1. The third-order valence-electron chi connectivity index (χ3n) is 5.07. The Hall–Kier alpha value is -1.38. The van der Waals surface area contributed by atoms with Gasteiger partial charge in [-0.1, -0.05) is 0 Å². The van der Waals surface area contributed by atoms with Gasteiger partial charge in [0, 0.05) is 32.4 Å². The van der Waals surface area contributed by atoms with Crippen molar-refractivity contribution in [2.75, 3.05) is 30.8 Å². The number of rotatable bonds is 5. The molecule has 3 heterocycles. The number of hydrogen-bond acceptors (Lipinski definition) is 5. The third-order valence-corrected chi connectivity index (χ3v) is 7.32. The van der Waals surface area contributed by atoms with E-state index in [1.54, 1.807) is 6.33 Å². The molecule has 1 N–H and O–H groups in total. The van der Waals surface area contributed by atoms with Crippen LogP contribution in [-0.2, 0) is 10.0 Å². The summed E-state index contributed by atoms with van der Waals surface area (Å²) in [6.45, 7) is 0.901. The lowest BCUT2D eigenvalue weighted by Gasteiger charge is -2.43. The minimum Gasteiger partial charge on any atom is -0.356 e. The fourth-order valence-electron chi connectivity index (χ4n) is 3.48. The molecule has 0 aromatic carbocycles. The molecule has 1 saturated carbocycles. The summed E-state index contributed by atoms with van der Waals surface area (Å²) >= 11 is 5.88. The summed E-state index contributed by atoms with van der Waals surface area (Å²) in [6, 6.07) is 2.28. The highest BCUT2D eigenvalue weighted by atomic mass is 35.5. The fraction of sp³-hybridized carbons (Fsp3) is 0.600. The van der Waals surface area contributed by atoms with Crippen LogP contribution in [0.3, 0.4) is 0 Å². The highest BCUT2D eigenvalue weighted by Crippen LogP contribution is 2.36. The van der Waals surface area contributed by atoms with Crippen LogP contribution in [0.5, 0.6) is 0 Å². The summed E-state index contributed by atoms with van der Waals surface area (Å²) in [5, 5.41) is 0.964. The quantitative estimate of drug-likeness (QED) is 0.806. The van der Waals surface area contributed by atoms with Gasteiger partial charge in [0.25, 0.3) is 0 Å². The Kier molecular flexibility index (Phi) is 3.93. The van der Waals surface area contributed by atoms with Gasteiger partial charge in [0.15, 0.2) is 0 Å². The molecule has 4 rings (SSSR count). The second-order valence-electron chi connectivity index (χ2n) is 6.73. The van der Waals surface area contributed by atoms with E-state index in [2.05, 4.69) is 19.9 Å². The lowest BCUT2D eigenvalue weighted by molar-refractivity contribution is 0.267. The maximum Gasteiger partial charge on any atom is 0.214 e. The molecule has 24 heavy (non-hydrogen) atoms. The SMILES string of the molecule is CN(c1ncnc2[nH]ccc12)[C@H]1C[C@@H](CS(=O)(=O)N2CC(Cl)C2)C1. The summed E-state index contributed by atoms with van der Waals surface area (Å²) in [5.74, 6) is 1.32. The highest BCUT2D eigenvalue weighted by molar-refractivity contribution is 7.89. The molecule has 2 aromatic heterocycles. The topological polar surface area (TPSA) is 82.2 Å².